The number of carbonyl (C=O) groups is 1. The lowest BCUT2D eigenvalue weighted by molar-refractivity contribution is 0.0531. The number of likely N-dealkylation sites (tertiary alicyclic amines) is 1. The van der Waals surface area contributed by atoms with Gasteiger partial charge >= 0.3 is 5.97 Å². The number of esters is 1. The van der Waals surface area contributed by atoms with E-state index in [0.717, 1.165) is 41.8 Å². The molecule has 0 bridgehead atoms. The third-order valence-electron chi connectivity index (χ3n) is 5.50. The number of para-hydroxylation sites is 1. The highest BCUT2D eigenvalue weighted by atomic mass is 16.5. The zero-order valence-electron chi connectivity index (χ0n) is 16.8. The molecule has 0 spiro atoms. The molecular formula is C23H28N2O4. The van der Waals surface area contributed by atoms with Crippen molar-refractivity contribution in [1.29, 1.82) is 0 Å². The number of aromatic nitrogens is 1. The van der Waals surface area contributed by atoms with Crippen LogP contribution in [0.3, 0.4) is 0 Å². The third-order valence-corrected chi connectivity index (χ3v) is 5.50. The summed E-state index contributed by atoms with van der Waals surface area (Å²) in [5.74, 6) is 0.415. The average molecular weight is 396 g/mol. The summed E-state index contributed by atoms with van der Waals surface area (Å²) in [4.78, 5) is 15.0. The molecule has 0 aliphatic carbocycles. The molecular weight excluding hydrogens is 368 g/mol. The summed E-state index contributed by atoms with van der Waals surface area (Å²) in [6.45, 7) is 5.25. The van der Waals surface area contributed by atoms with Crippen LogP contribution in [0.25, 0.3) is 16.4 Å². The van der Waals surface area contributed by atoms with Crippen molar-refractivity contribution in [2.75, 3.05) is 32.8 Å². The van der Waals surface area contributed by atoms with E-state index in [9.17, 15) is 9.90 Å². The normalized spacial score (nSPS) is 15.8. The Kier molecular flexibility index (Phi) is 6.02. The van der Waals surface area contributed by atoms with Crippen LogP contribution in [0.4, 0.5) is 0 Å². The standard InChI is InChI=1S/C23H28N2O4/c1-2-28-23(27)22-19-7-3-4-8-20(19)25-16-17(9-10-21(22)25)29-18(11-14-26)15-24-12-5-6-13-24/h3-4,7-10,16,18,26H,2,5-6,11-15H2,1H3. The highest BCUT2D eigenvalue weighted by molar-refractivity contribution is 6.11. The number of rotatable bonds is 8. The number of hydrogen-bond acceptors (Lipinski definition) is 5. The molecule has 1 unspecified atom stereocenters. The van der Waals surface area contributed by atoms with Crippen molar-refractivity contribution < 1.29 is 19.4 Å². The summed E-state index contributed by atoms with van der Waals surface area (Å²) in [7, 11) is 0. The summed E-state index contributed by atoms with van der Waals surface area (Å²) in [6, 6.07) is 11.6. The van der Waals surface area contributed by atoms with Crippen LogP contribution in [-0.4, -0.2) is 59.3 Å². The van der Waals surface area contributed by atoms with Gasteiger partial charge < -0.3 is 19.0 Å². The SMILES string of the molecule is CCOC(=O)c1c2ccccc2n2cc(OC(CCO)CN3CCCC3)ccc12. The molecule has 29 heavy (non-hydrogen) atoms. The maximum Gasteiger partial charge on any atom is 0.340 e. The monoisotopic (exact) mass is 396 g/mol. The number of ether oxygens (including phenoxy) is 2. The first-order chi connectivity index (χ1) is 14.2. The van der Waals surface area contributed by atoms with Gasteiger partial charge in [-0.25, -0.2) is 4.79 Å². The maximum atomic E-state index is 12.6. The Labute approximate surface area is 170 Å². The number of nitrogens with zero attached hydrogens (tertiary/aromatic N) is 2. The molecule has 154 valence electrons. The van der Waals surface area contributed by atoms with Gasteiger partial charge in [-0.15, -0.1) is 0 Å². The largest absolute Gasteiger partial charge is 0.487 e. The number of pyridine rings is 1. The second kappa shape index (κ2) is 8.84. The molecule has 0 radical (unpaired) electrons. The van der Waals surface area contributed by atoms with E-state index in [1.807, 2.05) is 53.9 Å². The van der Waals surface area contributed by atoms with Crippen LogP contribution in [0.5, 0.6) is 5.75 Å². The molecule has 1 N–H and O–H groups in total. The Morgan fingerprint density at radius 3 is 2.69 bits per heavy atom. The van der Waals surface area contributed by atoms with Crippen LogP contribution in [0.1, 0.15) is 36.5 Å². The van der Waals surface area contributed by atoms with Gasteiger partial charge in [-0.3, -0.25) is 4.90 Å². The fourth-order valence-corrected chi connectivity index (χ4v) is 4.18. The summed E-state index contributed by atoms with van der Waals surface area (Å²) in [5, 5.41) is 10.3. The average Bonchev–Trinajstić information content (AvgIpc) is 3.34. The van der Waals surface area contributed by atoms with E-state index in [2.05, 4.69) is 4.90 Å². The molecule has 1 aromatic carbocycles. The fraction of sp³-hybridized carbons (Fsp3) is 0.435. The molecule has 3 aromatic rings. The predicted octanol–water partition coefficient (Wildman–Crippen LogP) is 3.49. The van der Waals surface area contributed by atoms with E-state index < -0.39 is 0 Å². The van der Waals surface area contributed by atoms with Crippen LogP contribution in [0.15, 0.2) is 42.6 Å². The van der Waals surface area contributed by atoms with Crippen molar-refractivity contribution in [3.8, 4) is 5.75 Å². The van der Waals surface area contributed by atoms with Crippen molar-refractivity contribution in [3.63, 3.8) is 0 Å². The van der Waals surface area contributed by atoms with E-state index in [-0.39, 0.29) is 18.7 Å². The van der Waals surface area contributed by atoms with Gasteiger partial charge in [0.2, 0.25) is 0 Å². The summed E-state index contributed by atoms with van der Waals surface area (Å²) < 4.78 is 13.5. The summed E-state index contributed by atoms with van der Waals surface area (Å²) in [5.41, 5.74) is 2.32. The lowest BCUT2D eigenvalue weighted by Gasteiger charge is -2.24. The van der Waals surface area contributed by atoms with Gasteiger partial charge in [-0.2, -0.15) is 0 Å². The highest BCUT2D eigenvalue weighted by Gasteiger charge is 2.21. The minimum atomic E-state index is -0.313. The molecule has 2 aromatic heterocycles. The molecule has 6 nitrogen and oxygen atoms in total. The number of aliphatic hydroxyl groups is 1. The molecule has 3 heterocycles. The smallest absolute Gasteiger partial charge is 0.340 e. The Balaban J connectivity index is 1.68. The molecule has 1 aliphatic heterocycles. The second-order valence-corrected chi connectivity index (χ2v) is 7.49. The van der Waals surface area contributed by atoms with Gasteiger partial charge in [0.25, 0.3) is 0 Å². The van der Waals surface area contributed by atoms with Crippen LogP contribution >= 0.6 is 0 Å². The molecule has 4 rings (SSSR count). The quantitative estimate of drug-likeness (QED) is 0.591. The Morgan fingerprint density at radius 2 is 1.93 bits per heavy atom. The third kappa shape index (κ3) is 4.09. The van der Waals surface area contributed by atoms with Crippen LogP contribution in [0.2, 0.25) is 0 Å². The van der Waals surface area contributed by atoms with Gasteiger partial charge in [-0.05, 0) is 51.1 Å². The van der Waals surface area contributed by atoms with Crippen molar-refractivity contribution >= 4 is 22.4 Å². The van der Waals surface area contributed by atoms with Crippen molar-refractivity contribution in [2.24, 2.45) is 0 Å². The first-order valence-electron chi connectivity index (χ1n) is 10.4. The van der Waals surface area contributed by atoms with E-state index in [0.29, 0.717) is 18.6 Å². The fourth-order valence-electron chi connectivity index (χ4n) is 4.18. The molecule has 0 amide bonds. The molecule has 1 saturated heterocycles. The predicted molar refractivity (Wildman–Crippen MR) is 113 cm³/mol. The molecule has 1 atom stereocenters. The number of fused-ring (bicyclic) bond motifs is 3. The zero-order valence-corrected chi connectivity index (χ0v) is 16.8. The Bertz CT molecular complexity index is 991. The van der Waals surface area contributed by atoms with Gasteiger partial charge in [-0.1, -0.05) is 18.2 Å². The highest BCUT2D eigenvalue weighted by Crippen LogP contribution is 2.30. The Morgan fingerprint density at radius 1 is 1.14 bits per heavy atom. The van der Waals surface area contributed by atoms with Gasteiger partial charge in [0.15, 0.2) is 0 Å². The Hall–Kier alpha value is -2.57. The van der Waals surface area contributed by atoms with E-state index in [1.54, 1.807) is 0 Å². The number of hydrogen-bond donors (Lipinski definition) is 1. The van der Waals surface area contributed by atoms with Gasteiger partial charge in [0.1, 0.15) is 11.9 Å². The van der Waals surface area contributed by atoms with Crippen molar-refractivity contribution in [3.05, 3.63) is 48.2 Å². The van der Waals surface area contributed by atoms with Crippen LogP contribution in [-0.2, 0) is 4.74 Å². The van der Waals surface area contributed by atoms with Crippen molar-refractivity contribution in [1.82, 2.24) is 9.30 Å². The molecule has 6 heteroatoms. The minimum Gasteiger partial charge on any atom is -0.487 e. The van der Waals surface area contributed by atoms with E-state index in [4.69, 9.17) is 9.47 Å². The lowest BCUT2D eigenvalue weighted by Crippen LogP contribution is -2.34. The van der Waals surface area contributed by atoms with Crippen LogP contribution < -0.4 is 4.74 Å². The molecule has 0 saturated carbocycles. The van der Waals surface area contributed by atoms with E-state index >= 15 is 0 Å². The molecule has 1 aliphatic rings. The maximum absolute atomic E-state index is 12.6. The first-order valence-corrected chi connectivity index (χ1v) is 10.4. The zero-order chi connectivity index (χ0) is 20.2. The van der Waals surface area contributed by atoms with Crippen LogP contribution in [0, 0.1) is 0 Å². The first kappa shape index (κ1) is 19.7. The number of benzene rings is 1. The van der Waals surface area contributed by atoms with E-state index in [1.165, 1.54) is 12.8 Å². The minimum absolute atomic E-state index is 0.0677. The summed E-state index contributed by atoms with van der Waals surface area (Å²) >= 11 is 0. The second-order valence-electron chi connectivity index (χ2n) is 7.49. The molecule has 1 fully saturated rings. The summed E-state index contributed by atoms with van der Waals surface area (Å²) in [6.07, 6.45) is 4.90. The topological polar surface area (TPSA) is 63.4 Å². The lowest BCUT2D eigenvalue weighted by atomic mass is 10.1. The van der Waals surface area contributed by atoms with Gasteiger partial charge in [0.05, 0.1) is 29.4 Å². The number of carbonyl (C=O) groups excluding carboxylic acids is 1. The van der Waals surface area contributed by atoms with Gasteiger partial charge in [0, 0.05) is 25.0 Å². The number of aliphatic hydroxyl groups excluding tert-OH is 1. The van der Waals surface area contributed by atoms with Crippen molar-refractivity contribution in [2.45, 2.75) is 32.3 Å².